The van der Waals surface area contributed by atoms with Gasteiger partial charge in [0.25, 0.3) is 0 Å². The van der Waals surface area contributed by atoms with Crippen LogP contribution in [0.2, 0.25) is 0 Å². The summed E-state index contributed by atoms with van der Waals surface area (Å²) in [6.45, 7) is 13.2. The van der Waals surface area contributed by atoms with Crippen LogP contribution < -0.4 is 0 Å². The van der Waals surface area contributed by atoms with Gasteiger partial charge < -0.3 is 14.6 Å². The molecule has 0 radical (unpaired) electrons. The number of ether oxygens (including phenoxy) is 1. The van der Waals surface area contributed by atoms with E-state index in [0.29, 0.717) is 55.4 Å². The Labute approximate surface area is 269 Å². The number of esters is 1. The van der Waals surface area contributed by atoms with Gasteiger partial charge in [0, 0.05) is 44.4 Å². The van der Waals surface area contributed by atoms with Crippen LogP contribution in [0.15, 0.2) is 24.3 Å². The van der Waals surface area contributed by atoms with Gasteiger partial charge in [0.15, 0.2) is 11.6 Å². The van der Waals surface area contributed by atoms with Gasteiger partial charge in [0.1, 0.15) is 17.7 Å². The summed E-state index contributed by atoms with van der Waals surface area (Å²) in [7, 11) is 0. The predicted octanol–water partition coefficient (Wildman–Crippen LogP) is 6.54. The van der Waals surface area contributed by atoms with E-state index in [9.17, 15) is 29.1 Å². The molecule has 5 aliphatic carbocycles. The largest absolute Gasteiger partial charge is 0.462 e. The zero-order chi connectivity index (χ0) is 32.9. The summed E-state index contributed by atoms with van der Waals surface area (Å²) in [4.78, 5) is 63.8. The van der Waals surface area contributed by atoms with Crippen LogP contribution in [0.5, 0.6) is 0 Å². The molecule has 11 unspecified atom stereocenters. The summed E-state index contributed by atoms with van der Waals surface area (Å²) in [5, 5.41) is 9.81. The highest BCUT2D eigenvalue weighted by Gasteiger charge is 2.78. The van der Waals surface area contributed by atoms with Crippen molar-refractivity contribution in [2.24, 2.45) is 51.8 Å². The van der Waals surface area contributed by atoms with Gasteiger partial charge in [0.05, 0.1) is 6.10 Å². The third kappa shape index (κ3) is 6.07. The van der Waals surface area contributed by atoms with Gasteiger partial charge in [-0.15, -0.1) is 0 Å². The zero-order valence-electron chi connectivity index (χ0n) is 28.1. The molecule has 248 valence electrons. The van der Waals surface area contributed by atoms with E-state index < -0.39 is 12.0 Å². The van der Waals surface area contributed by atoms with Crippen molar-refractivity contribution in [1.29, 1.82) is 0 Å². The molecular formula is C38H54O7. The summed E-state index contributed by atoms with van der Waals surface area (Å²) in [6, 6.07) is 0. The molecule has 4 saturated carbocycles. The van der Waals surface area contributed by atoms with E-state index in [0.717, 1.165) is 38.5 Å². The van der Waals surface area contributed by atoms with E-state index in [-0.39, 0.29) is 76.1 Å². The maximum atomic E-state index is 14.1. The molecule has 4 fully saturated rings. The number of fused-ring (bicyclic) bond motifs is 2. The highest BCUT2D eigenvalue weighted by Crippen LogP contribution is 2.84. The number of Topliss-reactive ketones (excluding diaryl/α,β-unsaturated/α-hetero) is 3. The molecule has 11 atom stereocenters. The van der Waals surface area contributed by atoms with E-state index in [1.807, 2.05) is 6.08 Å². The molecule has 45 heavy (non-hydrogen) atoms. The van der Waals surface area contributed by atoms with Crippen molar-refractivity contribution >= 4 is 29.1 Å². The Balaban J connectivity index is 1.44. The monoisotopic (exact) mass is 622 g/mol. The van der Waals surface area contributed by atoms with Crippen LogP contribution in [0.25, 0.3) is 0 Å². The van der Waals surface area contributed by atoms with Crippen molar-refractivity contribution in [2.75, 3.05) is 0 Å². The SMILES string of the molecule is C=C(CCCC(C)=O)C(=O)C(CC(=O)CCC(C)O)C(C)C1C(OC(C)=O)CC2C3CCC4CC(=O)C=CC45CC35CCC21C. The summed E-state index contributed by atoms with van der Waals surface area (Å²) in [5.74, 6) is 0.110. The first-order valence-electron chi connectivity index (χ1n) is 17.5. The van der Waals surface area contributed by atoms with Gasteiger partial charge >= 0.3 is 5.97 Å². The van der Waals surface area contributed by atoms with Crippen LogP contribution in [-0.4, -0.2) is 46.4 Å². The first-order valence-corrected chi connectivity index (χ1v) is 17.5. The average Bonchev–Trinajstić information content (AvgIpc) is 3.54. The number of hydrogen-bond acceptors (Lipinski definition) is 7. The highest BCUT2D eigenvalue weighted by molar-refractivity contribution is 5.99. The topological polar surface area (TPSA) is 115 Å². The number of aliphatic hydroxyl groups excluding tert-OH is 1. The molecule has 0 saturated heterocycles. The molecule has 0 aliphatic heterocycles. The van der Waals surface area contributed by atoms with Crippen molar-refractivity contribution in [3.05, 3.63) is 24.3 Å². The van der Waals surface area contributed by atoms with Crippen molar-refractivity contribution in [2.45, 2.75) is 130 Å². The van der Waals surface area contributed by atoms with Gasteiger partial charge in [-0.25, -0.2) is 0 Å². The van der Waals surface area contributed by atoms with Crippen LogP contribution in [-0.2, 0) is 28.7 Å². The first kappa shape index (κ1) is 33.9. The second-order valence-corrected chi connectivity index (χ2v) is 15.9. The molecule has 0 heterocycles. The maximum absolute atomic E-state index is 14.1. The van der Waals surface area contributed by atoms with Gasteiger partial charge in [-0.3, -0.25) is 19.2 Å². The number of ketones is 4. The molecule has 7 nitrogen and oxygen atoms in total. The third-order valence-corrected chi connectivity index (χ3v) is 13.3. The molecule has 0 amide bonds. The fourth-order valence-electron chi connectivity index (χ4n) is 11.2. The molecule has 7 heteroatoms. The molecule has 2 spiro atoms. The summed E-state index contributed by atoms with van der Waals surface area (Å²) < 4.78 is 6.13. The molecule has 0 bridgehead atoms. The number of carbonyl (C=O) groups excluding carboxylic acids is 5. The van der Waals surface area contributed by atoms with E-state index in [1.165, 1.54) is 13.8 Å². The van der Waals surface area contributed by atoms with Crippen LogP contribution >= 0.6 is 0 Å². The number of allylic oxidation sites excluding steroid dienone is 3. The van der Waals surface area contributed by atoms with Crippen molar-refractivity contribution in [3.63, 3.8) is 0 Å². The summed E-state index contributed by atoms with van der Waals surface area (Å²) in [6.07, 6.45) is 11.8. The Hall–Kier alpha value is -2.41. The average molecular weight is 623 g/mol. The molecule has 5 aliphatic rings. The minimum absolute atomic E-state index is 0.0548. The van der Waals surface area contributed by atoms with Crippen molar-refractivity contribution < 1.29 is 33.8 Å². The van der Waals surface area contributed by atoms with Crippen LogP contribution in [0.4, 0.5) is 0 Å². The standard InChI is InChI=1S/C38H54O7/c1-22(8-7-9-23(2)39)35(44)30(19-28(42)12-10-24(3)40)25(4)34-33(45-26(5)41)20-32-31-13-11-27-18-29(43)14-15-37(27)21-38(31,37)17-16-36(32,34)6/h14-15,24-25,27,30-34,40H,1,7-13,16-21H2,2-6H3. The fraction of sp³-hybridized carbons (Fsp3) is 0.763. The molecule has 1 N–H and O–H groups in total. The number of carbonyl (C=O) groups is 5. The third-order valence-electron chi connectivity index (χ3n) is 13.3. The van der Waals surface area contributed by atoms with Crippen LogP contribution in [0.3, 0.4) is 0 Å². The normalized spacial score (nSPS) is 38.1. The fourth-order valence-corrected chi connectivity index (χ4v) is 11.2. The lowest BCUT2D eigenvalue weighted by Gasteiger charge is -2.55. The Morgan fingerprint density at radius 3 is 2.47 bits per heavy atom. The number of aliphatic hydroxyl groups is 1. The Morgan fingerprint density at radius 1 is 1.07 bits per heavy atom. The second kappa shape index (κ2) is 12.7. The van der Waals surface area contributed by atoms with Gasteiger partial charge in [-0.05, 0) is 123 Å². The summed E-state index contributed by atoms with van der Waals surface area (Å²) in [5.41, 5.74) is 0.600. The number of rotatable bonds is 14. The maximum Gasteiger partial charge on any atom is 0.302 e. The second-order valence-electron chi connectivity index (χ2n) is 15.9. The van der Waals surface area contributed by atoms with E-state index in [4.69, 9.17) is 4.74 Å². The van der Waals surface area contributed by atoms with Crippen molar-refractivity contribution in [1.82, 2.24) is 0 Å². The molecule has 5 rings (SSSR count). The molecule has 0 aromatic carbocycles. The highest BCUT2D eigenvalue weighted by atomic mass is 16.5. The van der Waals surface area contributed by atoms with Crippen molar-refractivity contribution in [3.8, 4) is 0 Å². The lowest BCUT2D eigenvalue weighted by molar-refractivity contribution is -0.152. The van der Waals surface area contributed by atoms with Crippen LogP contribution in [0.1, 0.15) is 118 Å². The van der Waals surface area contributed by atoms with Gasteiger partial charge in [-0.2, -0.15) is 0 Å². The minimum Gasteiger partial charge on any atom is -0.462 e. The first-order chi connectivity index (χ1) is 21.1. The molecule has 0 aromatic heterocycles. The van der Waals surface area contributed by atoms with E-state index in [2.05, 4.69) is 26.5 Å². The summed E-state index contributed by atoms with van der Waals surface area (Å²) >= 11 is 0. The Kier molecular flexibility index (Phi) is 9.54. The molecule has 0 aromatic rings. The quantitative estimate of drug-likeness (QED) is 0.173. The molecular weight excluding hydrogens is 568 g/mol. The Morgan fingerprint density at radius 2 is 1.80 bits per heavy atom. The van der Waals surface area contributed by atoms with E-state index in [1.54, 1.807) is 6.92 Å². The van der Waals surface area contributed by atoms with Crippen LogP contribution in [0, 0.1) is 51.8 Å². The zero-order valence-corrected chi connectivity index (χ0v) is 28.1. The Bertz CT molecular complexity index is 1280. The smallest absolute Gasteiger partial charge is 0.302 e. The lowest BCUT2D eigenvalue weighted by atomic mass is 9.49. The number of hydrogen-bond donors (Lipinski definition) is 1. The minimum atomic E-state index is -0.610. The van der Waals surface area contributed by atoms with E-state index >= 15 is 0 Å². The predicted molar refractivity (Wildman–Crippen MR) is 171 cm³/mol. The van der Waals surface area contributed by atoms with Gasteiger partial charge in [-0.1, -0.05) is 26.5 Å². The lowest BCUT2D eigenvalue weighted by Crippen LogP contribution is -2.50. The van der Waals surface area contributed by atoms with Gasteiger partial charge in [0.2, 0.25) is 0 Å².